The van der Waals surface area contributed by atoms with Gasteiger partial charge in [-0.2, -0.15) is 0 Å². The second-order valence-electron chi connectivity index (χ2n) is 3.06. The van der Waals surface area contributed by atoms with Crippen molar-refractivity contribution >= 4 is 12.4 Å². The molecule has 0 fully saturated rings. The van der Waals surface area contributed by atoms with Gasteiger partial charge < -0.3 is 20.3 Å². The molecule has 1 rings (SSSR count). The Labute approximate surface area is 95.4 Å². The first-order chi connectivity index (χ1) is 6.60. The van der Waals surface area contributed by atoms with Gasteiger partial charge in [-0.1, -0.05) is 0 Å². The van der Waals surface area contributed by atoms with Crippen molar-refractivity contribution in [1.29, 1.82) is 0 Å². The molecule has 1 atom stereocenters. The summed E-state index contributed by atoms with van der Waals surface area (Å²) in [5, 5.41) is 9.60. The molecule has 0 radical (unpaired) electrons. The fourth-order valence-corrected chi connectivity index (χ4v) is 1.18. The zero-order valence-electron chi connectivity index (χ0n) is 8.98. The molecule has 0 amide bonds. The normalized spacial score (nSPS) is 11.5. The quantitative estimate of drug-likeness (QED) is 0.836. The molecule has 0 saturated heterocycles. The van der Waals surface area contributed by atoms with Crippen LogP contribution < -0.4 is 15.2 Å². The maximum absolute atomic E-state index is 9.60. The minimum Gasteiger partial charge on any atom is -0.502 e. The molecule has 86 valence electrons. The molecule has 5 heteroatoms. The smallest absolute Gasteiger partial charge is 0.200 e. The number of methoxy groups -OCH3 is 2. The third-order valence-electron chi connectivity index (χ3n) is 2.03. The highest BCUT2D eigenvalue weighted by Gasteiger charge is 2.12. The van der Waals surface area contributed by atoms with E-state index in [9.17, 15) is 5.11 Å². The van der Waals surface area contributed by atoms with Gasteiger partial charge in [-0.15, -0.1) is 12.4 Å². The van der Waals surface area contributed by atoms with Crippen LogP contribution in [0.2, 0.25) is 0 Å². The van der Waals surface area contributed by atoms with E-state index in [-0.39, 0.29) is 24.2 Å². The lowest BCUT2D eigenvalue weighted by Crippen LogP contribution is -2.05. The van der Waals surface area contributed by atoms with E-state index in [0.717, 1.165) is 5.56 Å². The molecule has 0 aliphatic heterocycles. The number of rotatable bonds is 3. The number of ether oxygens (including phenoxy) is 2. The molecule has 1 aromatic rings. The summed E-state index contributed by atoms with van der Waals surface area (Å²) in [5.74, 6) is 0.743. The minimum absolute atomic E-state index is 0. The summed E-state index contributed by atoms with van der Waals surface area (Å²) in [7, 11) is 2.97. The van der Waals surface area contributed by atoms with Crippen LogP contribution in [0.3, 0.4) is 0 Å². The molecule has 0 heterocycles. The summed E-state index contributed by atoms with van der Waals surface area (Å²) in [5.41, 5.74) is 6.58. The summed E-state index contributed by atoms with van der Waals surface area (Å²) < 4.78 is 9.99. The summed E-state index contributed by atoms with van der Waals surface area (Å²) in [6.07, 6.45) is 0. The molecule has 0 spiro atoms. The standard InChI is InChI=1S/C10H15NO3.ClH/c1-6(11)7-4-8(13-2)10(12)9(5-7)14-3;/h4-6,12H,11H2,1-3H3;1H. The molecule has 0 saturated carbocycles. The Bertz CT molecular complexity index is 303. The Morgan fingerprint density at radius 1 is 1.20 bits per heavy atom. The van der Waals surface area contributed by atoms with E-state index >= 15 is 0 Å². The fraction of sp³-hybridized carbons (Fsp3) is 0.400. The molecule has 0 aromatic heterocycles. The first-order valence-electron chi connectivity index (χ1n) is 4.30. The molecule has 0 aliphatic carbocycles. The number of hydrogen-bond acceptors (Lipinski definition) is 4. The second kappa shape index (κ2) is 5.68. The van der Waals surface area contributed by atoms with Crippen LogP contribution in [0.5, 0.6) is 17.2 Å². The van der Waals surface area contributed by atoms with E-state index in [0.29, 0.717) is 11.5 Å². The molecule has 4 nitrogen and oxygen atoms in total. The predicted molar refractivity (Wildman–Crippen MR) is 61.1 cm³/mol. The van der Waals surface area contributed by atoms with Crippen LogP contribution in [-0.4, -0.2) is 19.3 Å². The van der Waals surface area contributed by atoms with Crippen LogP contribution in [0.1, 0.15) is 18.5 Å². The highest BCUT2D eigenvalue weighted by molar-refractivity contribution is 5.85. The van der Waals surface area contributed by atoms with Gasteiger partial charge in [0, 0.05) is 6.04 Å². The van der Waals surface area contributed by atoms with Gasteiger partial charge in [0.25, 0.3) is 0 Å². The van der Waals surface area contributed by atoms with Crippen molar-refractivity contribution in [2.24, 2.45) is 5.73 Å². The first kappa shape index (κ1) is 13.9. The lowest BCUT2D eigenvalue weighted by atomic mass is 10.1. The Morgan fingerprint density at radius 2 is 1.60 bits per heavy atom. The van der Waals surface area contributed by atoms with Crippen LogP contribution in [-0.2, 0) is 0 Å². The first-order valence-corrected chi connectivity index (χ1v) is 4.30. The van der Waals surface area contributed by atoms with Gasteiger partial charge >= 0.3 is 0 Å². The second-order valence-corrected chi connectivity index (χ2v) is 3.06. The number of nitrogens with two attached hydrogens (primary N) is 1. The average molecular weight is 234 g/mol. The number of phenolic OH excluding ortho intramolecular Hbond substituents is 1. The van der Waals surface area contributed by atoms with Gasteiger partial charge in [-0.05, 0) is 24.6 Å². The van der Waals surface area contributed by atoms with Crippen molar-refractivity contribution in [2.45, 2.75) is 13.0 Å². The van der Waals surface area contributed by atoms with Crippen molar-refractivity contribution in [3.05, 3.63) is 17.7 Å². The predicted octanol–water partition coefficient (Wildman–Crippen LogP) is 1.85. The van der Waals surface area contributed by atoms with Gasteiger partial charge in [0.05, 0.1) is 14.2 Å². The van der Waals surface area contributed by atoms with E-state index in [4.69, 9.17) is 15.2 Å². The van der Waals surface area contributed by atoms with Crippen molar-refractivity contribution in [2.75, 3.05) is 14.2 Å². The van der Waals surface area contributed by atoms with Gasteiger partial charge in [-0.25, -0.2) is 0 Å². The van der Waals surface area contributed by atoms with Crippen LogP contribution in [0.15, 0.2) is 12.1 Å². The van der Waals surface area contributed by atoms with Gasteiger partial charge in [0.1, 0.15) is 0 Å². The van der Waals surface area contributed by atoms with E-state index < -0.39 is 0 Å². The molecule has 3 N–H and O–H groups in total. The van der Waals surface area contributed by atoms with Gasteiger partial charge in [-0.3, -0.25) is 0 Å². The molecule has 0 bridgehead atoms. The molecular formula is C10H16ClNO3. The monoisotopic (exact) mass is 233 g/mol. The summed E-state index contributed by atoms with van der Waals surface area (Å²) in [6, 6.07) is 3.27. The van der Waals surface area contributed by atoms with Crippen LogP contribution >= 0.6 is 12.4 Å². The Morgan fingerprint density at radius 3 is 1.87 bits per heavy atom. The maximum Gasteiger partial charge on any atom is 0.200 e. The van der Waals surface area contributed by atoms with E-state index in [2.05, 4.69) is 0 Å². The number of benzene rings is 1. The number of hydrogen-bond donors (Lipinski definition) is 2. The highest BCUT2D eigenvalue weighted by atomic mass is 35.5. The van der Waals surface area contributed by atoms with Crippen molar-refractivity contribution in [3.63, 3.8) is 0 Å². The number of phenols is 1. The van der Waals surface area contributed by atoms with E-state index in [1.165, 1.54) is 14.2 Å². The Kier molecular flexibility index (Phi) is 5.25. The number of halogens is 1. The van der Waals surface area contributed by atoms with Crippen molar-refractivity contribution < 1.29 is 14.6 Å². The fourth-order valence-electron chi connectivity index (χ4n) is 1.18. The van der Waals surface area contributed by atoms with Crippen LogP contribution in [0.25, 0.3) is 0 Å². The molecular weight excluding hydrogens is 218 g/mol. The van der Waals surface area contributed by atoms with Crippen LogP contribution in [0.4, 0.5) is 0 Å². The SMILES string of the molecule is COc1cc(C(C)N)cc(OC)c1O.Cl. The number of aromatic hydroxyl groups is 1. The molecule has 1 aromatic carbocycles. The third-order valence-corrected chi connectivity index (χ3v) is 2.03. The van der Waals surface area contributed by atoms with Gasteiger partial charge in [0.2, 0.25) is 5.75 Å². The van der Waals surface area contributed by atoms with Gasteiger partial charge in [0.15, 0.2) is 11.5 Å². The summed E-state index contributed by atoms with van der Waals surface area (Å²) >= 11 is 0. The average Bonchev–Trinajstić information content (AvgIpc) is 2.17. The third kappa shape index (κ3) is 2.91. The Hall–Kier alpha value is -1.13. The zero-order valence-corrected chi connectivity index (χ0v) is 9.80. The topological polar surface area (TPSA) is 64.7 Å². The largest absolute Gasteiger partial charge is 0.502 e. The van der Waals surface area contributed by atoms with E-state index in [1.54, 1.807) is 12.1 Å². The zero-order chi connectivity index (χ0) is 10.7. The van der Waals surface area contributed by atoms with Crippen LogP contribution in [0, 0.1) is 0 Å². The summed E-state index contributed by atoms with van der Waals surface area (Å²) in [4.78, 5) is 0. The lowest BCUT2D eigenvalue weighted by molar-refractivity contribution is 0.339. The highest BCUT2D eigenvalue weighted by Crippen LogP contribution is 2.38. The molecule has 1 unspecified atom stereocenters. The van der Waals surface area contributed by atoms with Crippen molar-refractivity contribution in [1.82, 2.24) is 0 Å². The lowest BCUT2D eigenvalue weighted by Gasteiger charge is -2.12. The minimum atomic E-state index is -0.126. The Balaban J connectivity index is 0.00000196. The molecule has 0 aliphatic rings. The van der Waals surface area contributed by atoms with E-state index in [1.807, 2.05) is 6.92 Å². The van der Waals surface area contributed by atoms with Crippen molar-refractivity contribution in [3.8, 4) is 17.2 Å². The summed E-state index contributed by atoms with van der Waals surface area (Å²) in [6.45, 7) is 1.85. The molecule has 15 heavy (non-hydrogen) atoms. The maximum atomic E-state index is 9.60.